The van der Waals surface area contributed by atoms with Gasteiger partial charge in [-0.05, 0) is 30.4 Å². The first-order chi connectivity index (χ1) is 11.4. The highest BCUT2D eigenvalue weighted by Gasteiger charge is 2.47. The standard InChI is InChI=1S/C17H17F2N3O2/c18-17(19)7-12(8-20)22(10-17)16(24)4-3-15(23)13-5-6-21-9-14(13)11-1-2-11/h5-6,9,11-12H,1-4,7,10H2/t12-/m0/s1. The minimum atomic E-state index is -3.04. The summed E-state index contributed by atoms with van der Waals surface area (Å²) < 4.78 is 26.8. The molecule has 7 heteroatoms. The Kier molecular flexibility index (Phi) is 4.31. The summed E-state index contributed by atoms with van der Waals surface area (Å²) in [6.45, 7) is -0.749. The van der Waals surface area contributed by atoms with Crippen molar-refractivity contribution in [2.24, 2.45) is 0 Å². The van der Waals surface area contributed by atoms with Crippen LogP contribution in [-0.4, -0.2) is 40.1 Å². The zero-order chi connectivity index (χ0) is 17.3. The number of halogens is 2. The fourth-order valence-corrected chi connectivity index (χ4v) is 3.07. The molecule has 0 spiro atoms. The Morgan fingerprint density at radius 1 is 1.38 bits per heavy atom. The molecule has 1 aromatic heterocycles. The van der Waals surface area contributed by atoms with Crippen molar-refractivity contribution in [3.8, 4) is 6.07 Å². The highest BCUT2D eigenvalue weighted by molar-refractivity contribution is 5.99. The molecule has 2 heterocycles. The van der Waals surface area contributed by atoms with Crippen molar-refractivity contribution in [2.75, 3.05) is 6.54 Å². The Labute approximate surface area is 138 Å². The highest BCUT2D eigenvalue weighted by Crippen LogP contribution is 2.41. The lowest BCUT2D eigenvalue weighted by Crippen LogP contribution is -2.36. The number of nitriles is 1. The van der Waals surface area contributed by atoms with Crippen molar-refractivity contribution >= 4 is 11.7 Å². The summed E-state index contributed by atoms with van der Waals surface area (Å²) in [5.41, 5.74) is 1.46. The van der Waals surface area contributed by atoms with E-state index in [1.807, 2.05) is 0 Å². The van der Waals surface area contributed by atoms with Crippen LogP contribution in [0.2, 0.25) is 0 Å². The van der Waals surface area contributed by atoms with Gasteiger partial charge in [-0.1, -0.05) is 0 Å². The average Bonchev–Trinajstić information content (AvgIpc) is 3.35. The molecule has 0 bridgehead atoms. The molecule has 5 nitrogen and oxygen atoms in total. The third-order valence-corrected chi connectivity index (χ3v) is 4.47. The molecule has 0 aromatic carbocycles. The zero-order valence-electron chi connectivity index (χ0n) is 13.0. The predicted molar refractivity (Wildman–Crippen MR) is 80.5 cm³/mol. The number of carbonyl (C=O) groups excluding carboxylic acids is 2. The van der Waals surface area contributed by atoms with Gasteiger partial charge in [0.15, 0.2) is 5.78 Å². The minimum Gasteiger partial charge on any atom is -0.320 e. The van der Waals surface area contributed by atoms with Crippen molar-refractivity contribution in [3.05, 3.63) is 29.6 Å². The van der Waals surface area contributed by atoms with E-state index in [9.17, 15) is 18.4 Å². The van der Waals surface area contributed by atoms with E-state index in [-0.39, 0.29) is 18.6 Å². The maximum absolute atomic E-state index is 13.4. The zero-order valence-corrected chi connectivity index (χ0v) is 13.0. The van der Waals surface area contributed by atoms with Crippen LogP contribution < -0.4 is 0 Å². The van der Waals surface area contributed by atoms with Gasteiger partial charge in [0.25, 0.3) is 5.92 Å². The van der Waals surface area contributed by atoms with Crippen molar-refractivity contribution in [1.82, 2.24) is 9.88 Å². The van der Waals surface area contributed by atoms with Crippen LogP contribution in [0, 0.1) is 11.3 Å². The molecule has 1 saturated heterocycles. The smallest absolute Gasteiger partial charge is 0.268 e. The Hall–Kier alpha value is -2.36. The summed E-state index contributed by atoms with van der Waals surface area (Å²) in [6, 6.07) is 2.26. The summed E-state index contributed by atoms with van der Waals surface area (Å²) in [5, 5.41) is 8.93. The number of alkyl halides is 2. The van der Waals surface area contributed by atoms with Crippen LogP contribution in [0.15, 0.2) is 18.5 Å². The second-order valence-electron chi connectivity index (χ2n) is 6.39. The number of rotatable bonds is 5. The molecule has 24 heavy (non-hydrogen) atoms. The first-order valence-electron chi connectivity index (χ1n) is 7.95. The second-order valence-corrected chi connectivity index (χ2v) is 6.39. The van der Waals surface area contributed by atoms with Gasteiger partial charge >= 0.3 is 0 Å². The third-order valence-electron chi connectivity index (χ3n) is 4.47. The molecule has 126 valence electrons. The Bertz CT molecular complexity index is 710. The maximum atomic E-state index is 13.4. The normalized spacial score (nSPS) is 22.2. The molecule has 1 amide bonds. The number of nitrogens with zero attached hydrogens (tertiary/aromatic N) is 3. The number of hydrogen-bond donors (Lipinski definition) is 0. The van der Waals surface area contributed by atoms with Crippen LogP contribution in [0.25, 0.3) is 0 Å². The summed E-state index contributed by atoms with van der Waals surface area (Å²) in [5.74, 6) is -3.44. The number of hydrogen-bond acceptors (Lipinski definition) is 4. The van der Waals surface area contributed by atoms with Gasteiger partial charge in [0.05, 0.1) is 12.6 Å². The van der Waals surface area contributed by atoms with Crippen molar-refractivity contribution in [3.63, 3.8) is 0 Å². The number of Topliss-reactive ketones (excluding diaryl/α,β-unsaturated/α-hetero) is 1. The van der Waals surface area contributed by atoms with E-state index < -0.39 is 30.8 Å². The van der Waals surface area contributed by atoms with Gasteiger partial charge in [-0.2, -0.15) is 5.26 Å². The molecule has 1 aliphatic heterocycles. The molecule has 1 aliphatic carbocycles. The quantitative estimate of drug-likeness (QED) is 0.777. The van der Waals surface area contributed by atoms with Crippen LogP contribution in [0.3, 0.4) is 0 Å². The van der Waals surface area contributed by atoms with Crippen molar-refractivity contribution in [2.45, 2.75) is 50.0 Å². The van der Waals surface area contributed by atoms with E-state index >= 15 is 0 Å². The largest absolute Gasteiger partial charge is 0.320 e. The van der Waals surface area contributed by atoms with Crippen LogP contribution in [-0.2, 0) is 4.79 Å². The van der Waals surface area contributed by atoms with Gasteiger partial charge in [0.2, 0.25) is 5.91 Å². The Morgan fingerprint density at radius 3 is 2.79 bits per heavy atom. The van der Waals surface area contributed by atoms with Gasteiger partial charge in [-0.25, -0.2) is 8.78 Å². The second kappa shape index (κ2) is 6.27. The SMILES string of the molecule is N#C[C@@H]1CC(F)(F)CN1C(=O)CCC(=O)c1ccncc1C1CC1. The Balaban J connectivity index is 1.63. The first-order valence-corrected chi connectivity index (χ1v) is 7.95. The molecule has 3 rings (SSSR count). The van der Waals surface area contributed by atoms with E-state index in [0.29, 0.717) is 11.5 Å². The molecular weight excluding hydrogens is 316 g/mol. The average molecular weight is 333 g/mol. The molecule has 0 radical (unpaired) electrons. The molecule has 1 saturated carbocycles. The molecule has 1 aromatic rings. The van der Waals surface area contributed by atoms with Crippen LogP contribution >= 0.6 is 0 Å². The third kappa shape index (κ3) is 3.42. The van der Waals surface area contributed by atoms with Gasteiger partial charge < -0.3 is 4.90 Å². The number of ketones is 1. The molecule has 2 aliphatic rings. The maximum Gasteiger partial charge on any atom is 0.268 e. The summed E-state index contributed by atoms with van der Waals surface area (Å²) in [7, 11) is 0. The van der Waals surface area contributed by atoms with Gasteiger partial charge in [-0.3, -0.25) is 14.6 Å². The van der Waals surface area contributed by atoms with Crippen LogP contribution in [0.1, 0.15) is 53.9 Å². The number of likely N-dealkylation sites (tertiary alicyclic amines) is 1. The number of carbonyl (C=O) groups is 2. The van der Waals surface area contributed by atoms with Crippen molar-refractivity contribution < 1.29 is 18.4 Å². The van der Waals surface area contributed by atoms with Gasteiger partial charge in [-0.15, -0.1) is 0 Å². The van der Waals surface area contributed by atoms with E-state index in [2.05, 4.69) is 4.98 Å². The van der Waals surface area contributed by atoms with Crippen LogP contribution in [0.4, 0.5) is 8.78 Å². The molecule has 0 unspecified atom stereocenters. The van der Waals surface area contributed by atoms with E-state index in [4.69, 9.17) is 5.26 Å². The fraction of sp³-hybridized carbons (Fsp3) is 0.529. The lowest BCUT2D eigenvalue weighted by Gasteiger charge is -2.19. The highest BCUT2D eigenvalue weighted by atomic mass is 19.3. The Morgan fingerprint density at radius 2 is 2.12 bits per heavy atom. The number of pyridine rings is 1. The lowest BCUT2D eigenvalue weighted by molar-refractivity contribution is -0.132. The first kappa shape index (κ1) is 16.5. The van der Waals surface area contributed by atoms with Crippen molar-refractivity contribution in [1.29, 1.82) is 5.26 Å². The minimum absolute atomic E-state index is 0.0528. The van der Waals surface area contributed by atoms with Crippen LogP contribution in [0.5, 0.6) is 0 Å². The van der Waals surface area contributed by atoms with E-state index in [1.54, 1.807) is 18.3 Å². The summed E-state index contributed by atoms with van der Waals surface area (Å²) >= 11 is 0. The van der Waals surface area contributed by atoms with E-state index in [1.165, 1.54) is 6.20 Å². The van der Waals surface area contributed by atoms with Gasteiger partial charge in [0.1, 0.15) is 6.04 Å². The van der Waals surface area contributed by atoms with E-state index in [0.717, 1.165) is 23.3 Å². The summed E-state index contributed by atoms with van der Waals surface area (Å²) in [4.78, 5) is 29.5. The summed E-state index contributed by atoms with van der Waals surface area (Å²) in [6.07, 6.45) is 4.41. The molecule has 2 fully saturated rings. The monoisotopic (exact) mass is 333 g/mol. The molecule has 0 N–H and O–H groups in total. The molecule has 1 atom stereocenters. The number of aromatic nitrogens is 1. The topological polar surface area (TPSA) is 74.1 Å². The number of amides is 1. The fourth-order valence-electron chi connectivity index (χ4n) is 3.07. The lowest BCUT2D eigenvalue weighted by atomic mass is 9.99. The van der Waals surface area contributed by atoms with Gasteiger partial charge in [0, 0.05) is 37.2 Å². The molecular formula is C17H17F2N3O2. The predicted octanol–water partition coefficient (Wildman–Crippen LogP) is 2.68.